The van der Waals surface area contributed by atoms with Gasteiger partial charge in [0.2, 0.25) is 5.91 Å². The summed E-state index contributed by atoms with van der Waals surface area (Å²) in [6.45, 7) is 4.93. The van der Waals surface area contributed by atoms with Gasteiger partial charge in [-0.05, 0) is 31.7 Å². The van der Waals surface area contributed by atoms with Gasteiger partial charge in [-0.3, -0.25) is 9.69 Å². The number of nitrogens with two attached hydrogens (primary N) is 1. The van der Waals surface area contributed by atoms with Gasteiger partial charge in [-0.15, -0.1) is 0 Å². The van der Waals surface area contributed by atoms with Crippen LogP contribution in [0, 0.1) is 11.8 Å². The fourth-order valence-electron chi connectivity index (χ4n) is 2.72. The predicted molar refractivity (Wildman–Crippen MR) is 67.5 cm³/mol. The maximum Gasteiger partial charge on any atom is 0.220 e. The predicted octanol–water partition coefficient (Wildman–Crippen LogP) is 1.40. The summed E-state index contributed by atoms with van der Waals surface area (Å²) in [7, 11) is 0. The summed E-state index contributed by atoms with van der Waals surface area (Å²) < 4.78 is 4.84. The molecule has 0 aliphatic heterocycles. The van der Waals surface area contributed by atoms with Crippen LogP contribution in [0.2, 0.25) is 0 Å². The number of hydrogen-bond donors (Lipinski definition) is 1. The molecule has 18 heavy (non-hydrogen) atoms. The molecule has 0 spiro atoms. The van der Waals surface area contributed by atoms with Crippen molar-refractivity contribution in [2.75, 3.05) is 13.1 Å². The molecule has 1 aliphatic rings. The molecule has 2 atom stereocenters. The van der Waals surface area contributed by atoms with Crippen LogP contribution in [0.15, 0.2) is 16.9 Å². The van der Waals surface area contributed by atoms with Gasteiger partial charge in [-0.1, -0.05) is 12.1 Å². The summed E-state index contributed by atoms with van der Waals surface area (Å²) >= 11 is 0. The lowest BCUT2D eigenvalue weighted by Crippen LogP contribution is -2.29. The number of carbonyl (C=O) groups is 1. The molecule has 5 nitrogen and oxygen atoms in total. The monoisotopic (exact) mass is 251 g/mol. The molecule has 1 heterocycles. The van der Waals surface area contributed by atoms with Crippen LogP contribution in [0.25, 0.3) is 0 Å². The van der Waals surface area contributed by atoms with Gasteiger partial charge in [0.25, 0.3) is 0 Å². The van der Waals surface area contributed by atoms with Crippen molar-refractivity contribution in [3.63, 3.8) is 0 Å². The molecule has 1 saturated carbocycles. The third kappa shape index (κ3) is 3.32. The standard InChI is InChI=1S/C13H21N3O2/c1-2-16(9-12-5-6-18-15-12)8-10-3-4-11(7-10)13(14)17/h5-6,10-11H,2-4,7-9H2,1H3,(H2,14,17)/t10-,11+/m1/s1. The van der Waals surface area contributed by atoms with Gasteiger partial charge >= 0.3 is 0 Å². The van der Waals surface area contributed by atoms with Crippen LogP contribution in [0.5, 0.6) is 0 Å². The Morgan fingerprint density at radius 1 is 1.61 bits per heavy atom. The zero-order chi connectivity index (χ0) is 13.0. The van der Waals surface area contributed by atoms with E-state index in [2.05, 4.69) is 17.0 Å². The average Bonchev–Trinajstić information content (AvgIpc) is 2.99. The summed E-state index contributed by atoms with van der Waals surface area (Å²) in [5.74, 6) is 0.521. The fourth-order valence-corrected chi connectivity index (χ4v) is 2.72. The molecule has 2 N–H and O–H groups in total. The maximum absolute atomic E-state index is 11.1. The van der Waals surface area contributed by atoms with E-state index in [4.69, 9.17) is 10.3 Å². The van der Waals surface area contributed by atoms with Crippen LogP contribution >= 0.6 is 0 Å². The highest BCUT2D eigenvalue weighted by atomic mass is 16.5. The van der Waals surface area contributed by atoms with Crippen molar-refractivity contribution in [2.24, 2.45) is 17.6 Å². The van der Waals surface area contributed by atoms with Crippen LogP contribution in [-0.2, 0) is 11.3 Å². The van der Waals surface area contributed by atoms with Crippen molar-refractivity contribution in [3.8, 4) is 0 Å². The van der Waals surface area contributed by atoms with Gasteiger partial charge in [0.15, 0.2) is 0 Å². The second kappa shape index (κ2) is 6.00. The number of hydrogen-bond acceptors (Lipinski definition) is 4. The first-order chi connectivity index (χ1) is 8.69. The lowest BCUT2D eigenvalue weighted by molar-refractivity contribution is -0.121. The van der Waals surface area contributed by atoms with Crippen LogP contribution in [0.3, 0.4) is 0 Å². The molecule has 1 aliphatic carbocycles. The molecule has 100 valence electrons. The first-order valence-electron chi connectivity index (χ1n) is 6.60. The molecule has 0 bridgehead atoms. The Kier molecular flexibility index (Phi) is 4.36. The molecule has 0 aromatic carbocycles. The van der Waals surface area contributed by atoms with E-state index in [1.165, 1.54) is 0 Å². The molecular formula is C13H21N3O2. The van der Waals surface area contributed by atoms with Crippen molar-refractivity contribution < 1.29 is 9.32 Å². The lowest BCUT2D eigenvalue weighted by atomic mass is 10.0. The summed E-state index contributed by atoms with van der Waals surface area (Å²) in [6.07, 6.45) is 4.58. The Hall–Kier alpha value is -1.36. The van der Waals surface area contributed by atoms with E-state index in [0.717, 1.165) is 44.6 Å². The molecule has 5 heteroatoms. The van der Waals surface area contributed by atoms with E-state index < -0.39 is 0 Å². The second-order valence-corrected chi connectivity index (χ2v) is 5.10. The van der Waals surface area contributed by atoms with Gasteiger partial charge in [-0.2, -0.15) is 0 Å². The first-order valence-corrected chi connectivity index (χ1v) is 6.60. The highest BCUT2D eigenvalue weighted by molar-refractivity contribution is 5.76. The van der Waals surface area contributed by atoms with Crippen LogP contribution in [0.1, 0.15) is 31.9 Å². The van der Waals surface area contributed by atoms with Gasteiger partial charge in [0.05, 0.1) is 5.69 Å². The highest BCUT2D eigenvalue weighted by Crippen LogP contribution is 2.31. The topological polar surface area (TPSA) is 72.4 Å². The lowest BCUT2D eigenvalue weighted by Gasteiger charge is -2.22. The van der Waals surface area contributed by atoms with E-state index >= 15 is 0 Å². The minimum absolute atomic E-state index is 0.0840. The van der Waals surface area contributed by atoms with Crippen molar-refractivity contribution in [2.45, 2.75) is 32.7 Å². The Balaban J connectivity index is 1.82. The van der Waals surface area contributed by atoms with E-state index in [0.29, 0.717) is 5.92 Å². The number of amides is 1. The van der Waals surface area contributed by atoms with Gasteiger partial charge < -0.3 is 10.3 Å². The van der Waals surface area contributed by atoms with E-state index in [9.17, 15) is 4.79 Å². The third-order valence-electron chi connectivity index (χ3n) is 3.78. The van der Waals surface area contributed by atoms with E-state index in [1.54, 1.807) is 6.26 Å². The molecule has 0 saturated heterocycles. The molecule has 1 aromatic rings. The molecule has 2 rings (SSSR count). The molecule has 1 amide bonds. The smallest absolute Gasteiger partial charge is 0.220 e. The maximum atomic E-state index is 11.1. The largest absolute Gasteiger partial charge is 0.369 e. The molecule has 0 radical (unpaired) electrons. The van der Waals surface area contributed by atoms with Gasteiger partial charge in [0, 0.05) is 25.1 Å². The fraction of sp³-hybridized carbons (Fsp3) is 0.692. The summed E-state index contributed by atoms with van der Waals surface area (Å²) in [5, 5.41) is 3.93. The number of rotatable bonds is 6. The Morgan fingerprint density at radius 3 is 3.00 bits per heavy atom. The van der Waals surface area contributed by atoms with E-state index in [1.807, 2.05) is 6.07 Å². The Morgan fingerprint density at radius 2 is 2.44 bits per heavy atom. The summed E-state index contributed by atoms with van der Waals surface area (Å²) in [4.78, 5) is 13.5. The quantitative estimate of drug-likeness (QED) is 0.829. The van der Waals surface area contributed by atoms with Crippen molar-refractivity contribution in [1.29, 1.82) is 0 Å². The Labute approximate surface area is 107 Å². The number of primary amides is 1. The minimum atomic E-state index is -0.142. The molecule has 1 aromatic heterocycles. The van der Waals surface area contributed by atoms with Crippen molar-refractivity contribution >= 4 is 5.91 Å². The Bertz CT molecular complexity index is 378. The number of nitrogens with zero attached hydrogens (tertiary/aromatic N) is 2. The summed E-state index contributed by atoms with van der Waals surface area (Å²) in [6, 6.07) is 1.89. The number of carbonyl (C=O) groups excluding carboxylic acids is 1. The van der Waals surface area contributed by atoms with Crippen molar-refractivity contribution in [1.82, 2.24) is 10.1 Å². The molecular weight excluding hydrogens is 230 g/mol. The zero-order valence-electron chi connectivity index (χ0n) is 10.8. The SMILES string of the molecule is CCN(Cc1ccon1)C[C@@H]1CC[C@H](C(N)=O)C1. The summed E-state index contributed by atoms with van der Waals surface area (Å²) in [5.41, 5.74) is 6.32. The van der Waals surface area contributed by atoms with Crippen LogP contribution in [0.4, 0.5) is 0 Å². The normalized spacial score (nSPS) is 23.7. The van der Waals surface area contributed by atoms with Gasteiger partial charge in [0.1, 0.15) is 6.26 Å². The minimum Gasteiger partial charge on any atom is -0.369 e. The first kappa shape index (κ1) is 13.1. The second-order valence-electron chi connectivity index (χ2n) is 5.10. The van der Waals surface area contributed by atoms with Crippen LogP contribution in [-0.4, -0.2) is 29.1 Å². The molecule has 1 fully saturated rings. The van der Waals surface area contributed by atoms with Crippen LogP contribution < -0.4 is 5.73 Å². The van der Waals surface area contributed by atoms with Gasteiger partial charge in [-0.25, -0.2) is 0 Å². The number of aromatic nitrogens is 1. The zero-order valence-corrected chi connectivity index (χ0v) is 10.8. The highest BCUT2D eigenvalue weighted by Gasteiger charge is 2.29. The third-order valence-corrected chi connectivity index (χ3v) is 3.78. The van der Waals surface area contributed by atoms with Crippen molar-refractivity contribution in [3.05, 3.63) is 18.0 Å². The van der Waals surface area contributed by atoms with E-state index in [-0.39, 0.29) is 11.8 Å². The average molecular weight is 251 g/mol. The molecule has 0 unspecified atom stereocenters.